The summed E-state index contributed by atoms with van der Waals surface area (Å²) in [5.74, 6) is -1.32. The zero-order chi connectivity index (χ0) is 19.1. The maximum Gasteiger partial charge on any atom is 0.338 e. The molecule has 0 aliphatic rings. The van der Waals surface area contributed by atoms with Crippen molar-refractivity contribution in [3.63, 3.8) is 0 Å². The van der Waals surface area contributed by atoms with Gasteiger partial charge in [-0.25, -0.2) is 4.79 Å². The number of amides is 2. The number of hydrazine groups is 1. The molecule has 0 saturated heterocycles. The van der Waals surface area contributed by atoms with Gasteiger partial charge in [0.15, 0.2) is 6.10 Å². The number of hydrogen-bond acceptors (Lipinski definition) is 4. The van der Waals surface area contributed by atoms with Crippen molar-refractivity contribution in [1.29, 1.82) is 0 Å². The van der Waals surface area contributed by atoms with Crippen LogP contribution in [0.4, 0.5) is 0 Å². The third-order valence-corrected chi connectivity index (χ3v) is 3.80. The molecule has 2 N–H and O–H groups in total. The molecule has 2 rings (SSSR count). The van der Waals surface area contributed by atoms with Crippen molar-refractivity contribution in [2.24, 2.45) is 0 Å². The van der Waals surface area contributed by atoms with Gasteiger partial charge < -0.3 is 4.74 Å². The summed E-state index contributed by atoms with van der Waals surface area (Å²) in [6.45, 7) is 5.55. The Balaban J connectivity index is 1.86. The van der Waals surface area contributed by atoms with Crippen LogP contribution in [0.1, 0.15) is 53.0 Å². The van der Waals surface area contributed by atoms with Crippen LogP contribution in [-0.2, 0) is 9.53 Å². The van der Waals surface area contributed by atoms with E-state index in [-0.39, 0.29) is 0 Å². The summed E-state index contributed by atoms with van der Waals surface area (Å²) >= 11 is 0. The van der Waals surface area contributed by atoms with Crippen LogP contribution < -0.4 is 10.9 Å². The van der Waals surface area contributed by atoms with Crippen LogP contribution in [0.2, 0.25) is 0 Å². The molecule has 2 aromatic rings. The van der Waals surface area contributed by atoms with Crippen molar-refractivity contribution in [3.05, 3.63) is 71.3 Å². The predicted octanol–water partition coefficient (Wildman–Crippen LogP) is 2.82. The molecule has 26 heavy (non-hydrogen) atoms. The second kappa shape index (κ2) is 8.80. The van der Waals surface area contributed by atoms with Gasteiger partial charge in [0.25, 0.3) is 11.8 Å². The van der Waals surface area contributed by atoms with Crippen molar-refractivity contribution in [3.8, 4) is 0 Å². The Morgan fingerprint density at radius 1 is 0.808 bits per heavy atom. The Morgan fingerprint density at radius 2 is 1.42 bits per heavy atom. The summed E-state index contributed by atoms with van der Waals surface area (Å²) in [5, 5.41) is 0. The van der Waals surface area contributed by atoms with Gasteiger partial charge in [-0.15, -0.1) is 0 Å². The van der Waals surface area contributed by atoms with Crippen LogP contribution >= 0.6 is 0 Å². The van der Waals surface area contributed by atoms with Crippen molar-refractivity contribution in [2.45, 2.75) is 32.8 Å². The lowest BCUT2D eigenvalue weighted by Gasteiger charge is -2.14. The smallest absolute Gasteiger partial charge is 0.338 e. The highest BCUT2D eigenvalue weighted by Gasteiger charge is 2.19. The van der Waals surface area contributed by atoms with E-state index in [0.29, 0.717) is 17.0 Å². The second-order valence-corrected chi connectivity index (χ2v) is 6.13. The predicted molar refractivity (Wildman–Crippen MR) is 97.5 cm³/mol. The minimum Gasteiger partial charge on any atom is -0.449 e. The Hall–Kier alpha value is -3.15. The third kappa shape index (κ3) is 5.17. The first-order chi connectivity index (χ1) is 12.4. The number of benzene rings is 2. The lowest BCUT2D eigenvalue weighted by Crippen LogP contribution is -2.46. The van der Waals surface area contributed by atoms with Gasteiger partial charge >= 0.3 is 5.97 Å². The first-order valence-electron chi connectivity index (χ1n) is 8.34. The van der Waals surface area contributed by atoms with Gasteiger partial charge in [0.2, 0.25) is 0 Å². The molecule has 0 heterocycles. The fourth-order valence-corrected chi connectivity index (χ4v) is 2.17. The number of carbonyl (C=O) groups is 3. The highest BCUT2D eigenvalue weighted by molar-refractivity contribution is 5.96. The molecule has 0 radical (unpaired) electrons. The normalized spacial score (nSPS) is 11.5. The summed E-state index contributed by atoms with van der Waals surface area (Å²) in [7, 11) is 0. The van der Waals surface area contributed by atoms with Crippen molar-refractivity contribution in [1.82, 2.24) is 10.9 Å². The quantitative estimate of drug-likeness (QED) is 0.639. The topological polar surface area (TPSA) is 84.5 Å². The molecule has 1 atom stereocenters. The van der Waals surface area contributed by atoms with Crippen molar-refractivity contribution < 1.29 is 19.1 Å². The summed E-state index contributed by atoms with van der Waals surface area (Å²) in [6.07, 6.45) is -1.05. The van der Waals surface area contributed by atoms with Gasteiger partial charge in [0.05, 0.1) is 5.56 Å². The molecule has 6 nitrogen and oxygen atoms in total. The molecule has 0 unspecified atom stereocenters. The van der Waals surface area contributed by atoms with Crippen LogP contribution in [0, 0.1) is 0 Å². The Bertz CT molecular complexity index is 770. The summed E-state index contributed by atoms with van der Waals surface area (Å²) < 4.78 is 5.13. The number of rotatable bonds is 5. The highest BCUT2D eigenvalue weighted by Crippen LogP contribution is 2.15. The second-order valence-electron chi connectivity index (χ2n) is 6.13. The van der Waals surface area contributed by atoms with E-state index in [9.17, 15) is 14.4 Å². The SMILES string of the molecule is CC(C)c1ccc(C(=O)O[C@@H](C)C(=O)NNC(=O)c2ccccc2)cc1. The van der Waals surface area contributed by atoms with E-state index in [1.165, 1.54) is 6.92 Å². The molecular formula is C20H22N2O4. The van der Waals surface area contributed by atoms with Crippen LogP contribution in [0.5, 0.6) is 0 Å². The first-order valence-corrected chi connectivity index (χ1v) is 8.34. The van der Waals surface area contributed by atoms with E-state index in [4.69, 9.17) is 4.74 Å². The molecule has 0 fully saturated rings. The number of nitrogens with one attached hydrogen (secondary N) is 2. The molecule has 2 aromatic carbocycles. The average Bonchev–Trinajstić information content (AvgIpc) is 2.66. The fraction of sp³-hybridized carbons (Fsp3) is 0.250. The molecule has 0 saturated carbocycles. The van der Waals surface area contributed by atoms with Gasteiger partial charge in [0, 0.05) is 5.56 Å². The summed E-state index contributed by atoms with van der Waals surface area (Å²) in [5.41, 5.74) is 6.40. The number of esters is 1. The summed E-state index contributed by atoms with van der Waals surface area (Å²) in [6, 6.07) is 15.5. The Labute approximate surface area is 152 Å². The van der Waals surface area contributed by atoms with Gasteiger partial charge in [0.1, 0.15) is 0 Å². The molecule has 6 heteroatoms. The number of ether oxygens (including phenoxy) is 1. The van der Waals surface area contributed by atoms with E-state index in [1.54, 1.807) is 42.5 Å². The van der Waals surface area contributed by atoms with Gasteiger partial charge in [-0.05, 0) is 42.7 Å². The lowest BCUT2D eigenvalue weighted by molar-refractivity contribution is -0.129. The van der Waals surface area contributed by atoms with Gasteiger partial charge in [-0.3, -0.25) is 20.4 Å². The molecule has 0 aromatic heterocycles. The Kier molecular flexibility index (Phi) is 6.49. The standard InChI is InChI=1S/C20H22N2O4/c1-13(2)15-9-11-17(12-10-15)20(25)26-14(3)18(23)21-22-19(24)16-7-5-4-6-8-16/h4-14H,1-3H3,(H,21,23)(H,22,24)/t14-/m0/s1. The molecule has 0 spiro atoms. The van der Waals surface area contributed by atoms with Crippen LogP contribution in [0.3, 0.4) is 0 Å². The monoisotopic (exact) mass is 354 g/mol. The molecule has 0 aliphatic carbocycles. The first kappa shape index (κ1) is 19.2. The van der Waals surface area contributed by atoms with Crippen LogP contribution in [-0.4, -0.2) is 23.9 Å². The maximum atomic E-state index is 12.1. The molecule has 2 amide bonds. The average molecular weight is 354 g/mol. The van der Waals surface area contributed by atoms with Crippen molar-refractivity contribution >= 4 is 17.8 Å². The molecule has 0 aliphatic heterocycles. The zero-order valence-electron chi connectivity index (χ0n) is 15.0. The van der Waals surface area contributed by atoms with E-state index >= 15 is 0 Å². The Morgan fingerprint density at radius 3 is 2.00 bits per heavy atom. The number of carbonyl (C=O) groups excluding carboxylic acids is 3. The van der Waals surface area contributed by atoms with Crippen LogP contribution in [0.15, 0.2) is 54.6 Å². The largest absolute Gasteiger partial charge is 0.449 e. The van der Waals surface area contributed by atoms with Gasteiger partial charge in [-0.2, -0.15) is 0 Å². The van der Waals surface area contributed by atoms with Crippen molar-refractivity contribution in [2.75, 3.05) is 0 Å². The summed E-state index contributed by atoms with van der Waals surface area (Å²) in [4.78, 5) is 36.0. The minimum absolute atomic E-state index is 0.359. The molecular weight excluding hydrogens is 332 g/mol. The van der Waals surface area contributed by atoms with E-state index < -0.39 is 23.9 Å². The van der Waals surface area contributed by atoms with Gasteiger partial charge in [-0.1, -0.05) is 44.2 Å². The zero-order valence-corrected chi connectivity index (χ0v) is 15.0. The molecule has 0 bridgehead atoms. The fourth-order valence-electron chi connectivity index (χ4n) is 2.17. The number of hydrogen-bond donors (Lipinski definition) is 2. The maximum absolute atomic E-state index is 12.1. The van der Waals surface area contributed by atoms with Crippen LogP contribution in [0.25, 0.3) is 0 Å². The molecule has 136 valence electrons. The van der Waals surface area contributed by atoms with E-state index in [0.717, 1.165) is 5.56 Å². The minimum atomic E-state index is -1.05. The lowest BCUT2D eigenvalue weighted by atomic mass is 10.0. The van der Waals surface area contributed by atoms with E-state index in [2.05, 4.69) is 24.7 Å². The highest BCUT2D eigenvalue weighted by atomic mass is 16.5. The third-order valence-electron chi connectivity index (χ3n) is 3.80. The van der Waals surface area contributed by atoms with E-state index in [1.807, 2.05) is 12.1 Å².